The van der Waals surface area contributed by atoms with Gasteiger partial charge in [-0.05, 0) is 56.3 Å². The Morgan fingerprint density at radius 3 is 2.36 bits per heavy atom. The molecule has 5 saturated carbocycles. The minimum Gasteiger partial charge on any atom is -0.467 e. The third-order valence-corrected chi connectivity index (χ3v) is 7.14. The molecule has 0 aromatic rings. The summed E-state index contributed by atoms with van der Waals surface area (Å²) in [5.74, 6) is -0.0801. The topological polar surface area (TPSA) is 62.7 Å². The standard InChI is InChI=1S/C21H27F2N3O2/c1-12-24-17(16-9-21(22,23)10-16)5-19(25-12)28-11-18(27)26-20-6-13-2-14(7-20)4-15(3-13)8-20/h5,13-16,24H,1-4,6-11H2,(H,26,27). The molecule has 5 fully saturated rings. The number of nitrogens with one attached hydrogen (secondary N) is 2. The lowest BCUT2D eigenvalue weighted by Crippen LogP contribution is -2.60. The molecule has 1 amide bonds. The van der Waals surface area contributed by atoms with E-state index in [0.29, 0.717) is 11.5 Å². The minimum absolute atomic E-state index is 0.0484. The molecule has 152 valence electrons. The monoisotopic (exact) mass is 391 g/mol. The molecule has 0 aromatic carbocycles. The van der Waals surface area contributed by atoms with Gasteiger partial charge < -0.3 is 15.4 Å². The average molecular weight is 391 g/mol. The van der Waals surface area contributed by atoms with E-state index >= 15 is 0 Å². The molecule has 0 saturated heterocycles. The first-order valence-electron chi connectivity index (χ1n) is 10.4. The maximum Gasteiger partial charge on any atom is 0.258 e. The Labute approximate surface area is 163 Å². The highest BCUT2D eigenvalue weighted by atomic mass is 19.3. The maximum atomic E-state index is 13.2. The van der Waals surface area contributed by atoms with E-state index in [1.807, 2.05) is 0 Å². The Morgan fingerprint density at radius 2 is 1.79 bits per heavy atom. The number of alkyl halides is 2. The highest BCUT2D eigenvalue weighted by Crippen LogP contribution is 2.55. The third kappa shape index (κ3) is 3.44. The predicted molar refractivity (Wildman–Crippen MR) is 100 cm³/mol. The fourth-order valence-corrected chi connectivity index (χ4v) is 6.44. The number of nitrogens with zero attached hydrogens (tertiary/aromatic N) is 1. The Bertz CT molecular complexity index is 730. The molecule has 2 N–H and O–H groups in total. The van der Waals surface area contributed by atoms with Crippen molar-refractivity contribution >= 4 is 11.8 Å². The fourth-order valence-electron chi connectivity index (χ4n) is 6.44. The summed E-state index contributed by atoms with van der Waals surface area (Å²) in [7, 11) is 0. The molecule has 0 unspecified atom stereocenters. The van der Waals surface area contributed by atoms with Gasteiger partial charge in [0.2, 0.25) is 11.8 Å². The van der Waals surface area contributed by atoms with Crippen LogP contribution in [-0.4, -0.2) is 29.9 Å². The molecule has 0 radical (unpaired) electrons. The van der Waals surface area contributed by atoms with Crippen molar-refractivity contribution < 1.29 is 18.3 Å². The molecule has 1 heterocycles. The molecule has 1 aliphatic heterocycles. The Morgan fingerprint density at radius 1 is 1.18 bits per heavy atom. The molecule has 28 heavy (non-hydrogen) atoms. The SMILES string of the molecule is C=C1N=C(OCC(=O)NC23CC4CC(CC(C4)C2)C3)C=C(C2CC(F)(F)C2)N1. The summed E-state index contributed by atoms with van der Waals surface area (Å²) in [6.45, 7) is 3.65. The summed E-state index contributed by atoms with van der Waals surface area (Å²) in [5, 5.41) is 6.21. The number of hydrogen-bond donors (Lipinski definition) is 2. The van der Waals surface area contributed by atoms with Crippen molar-refractivity contribution in [2.45, 2.75) is 62.8 Å². The highest BCUT2D eigenvalue weighted by Gasteiger charge is 2.51. The van der Waals surface area contributed by atoms with Gasteiger partial charge in [-0.25, -0.2) is 8.78 Å². The van der Waals surface area contributed by atoms with Crippen LogP contribution in [0.15, 0.2) is 29.2 Å². The van der Waals surface area contributed by atoms with Gasteiger partial charge in [0.1, 0.15) is 5.82 Å². The first kappa shape index (κ1) is 18.1. The van der Waals surface area contributed by atoms with E-state index in [-0.39, 0.29) is 42.7 Å². The smallest absolute Gasteiger partial charge is 0.258 e. The Kier molecular flexibility index (Phi) is 4.07. The van der Waals surface area contributed by atoms with Crippen molar-refractivity contribution in [3.05, 3.63) is 24.2 Å². The summed E-state index contributed by atoms with van der Waals surface area (Å²) in [5.41, 5.74) is 0.593. The van der Waals surface area contributed by atoms with Gasteiger partial charge in [0.15, 0.2) is 6.61 Å². The molecule has 6 rings (SSSR count). The lowest BCUT2D eigenvalue weighted by atomic mass is 9.53. The number of allylic oxidation sites excluding steroid dienone is 1. The quantitative estimate of drug-likeness (QED) is 0.771. The van der Waals surface area contributed by atoms with Crippen molar-refractivity contribution in [2.24, 2.45) is 28.7 Å². The fraction of sp³-hybridized carbons (Fsp3) is 0.714. The summed E-state index contributed by atoms with van der Waals surface area (Å²) in [4.78, 5) is 16.7. The lowest BCUT2D eigenvalue weighted by Gasteiger charge is -2.56. The van der Waals surface area contributed by atoms with Crippen LogP contribution in [-0.2, 0) is 9.53 Å². The van der Waals surface area contributed by atoms with E-state index in [1.165, 1.54) is 19.3 Å². The van der Waals surface area contributed by atoms with Crippen LogP contribution in [0.3, 0.4) is 0 Å². The number of carbonyl (C=O) groups excluding carboxylic acids is 1. The number of amides is 1. The van der Waals surface area contributed by atoms with Crippen LogP contribution in [0, 0.1) is 23.7 Å². The molecule has 7 heteroatoms. The van der Waals surface area contributed by atoms with E-state index in [4.69, 9.17) is 4.74 Å². The van der Waals surface area contributed by atoms with Gasteiger partial charge in [-0.3, -0.25) is 4.79 Å². The number of rotatable bonds is 4. The van der Waals surface area contributed by atoms with Gasteiger partial charge >= 0.3 is 0 Å². The van der Waals surface area contributed by atoms with Gasteiger partial charge in [-0.1, -0.05) is 6.58 Å². The average Bonchev–Trinajstić information content (AvgIpc) is 2.55. The summed E-state index contributed by atoms with van der Waals surface area (Å²) in [6, 6.07) is 0. The van der Waals surface area contributed by atoms with E-state index in [0.717, 1.165) is 37.0 Å². The van der Waals surface area contributed by atoms with Gasteiger partial charge in [0.25, 0.3) is 5.91 Å². The molecular formula is C21H27F2N3O2. The molecule has 5 nitrogen and oxygen atoms in total. The zero-order valence-corrected chi connectivity index (χ0v) is 16.0. The lowest BCUT2D eigenvalue weighted by molar-refractivity contribution is -0.129. The van der Waals surface area contributed by atoms with Gasteiger partial charge in [0.05, 0.1) is 0 Å². The molecule has 0 aromatic heterocycles. The zero-order chi connectivity index (χ0) is 19.5. The number of hydrogen-bond acceptors (Lipinski definition) is 4. The molecule has 0 spiro atoms. The van der Waals surface area contributed by atoms with Crippen LogP contribution >= 0.6 is 0 Å². The normalized spacial score (nSPS) is 38.2. The zero-order valence-electron chi connectivity index (χ0n) is 16.0. The van der Waals surface area contributed by atoms with Crippen LogP contribution in [0.4, 0.5) is 8.78 Å². The van der Waals surface area contributed by atoms with Gasteiger partial charge in [0, 0.05) is 36.1 Å². The van der Waals surface area contributed by atoms with Crippen molar-refractivity contribution in [2.75, 3.05) is 6.61 Å². The van der Waals surface area contributed by atoms with Gasteiger partial charge in [-0.15, -0.1) is 0 Å². The number of ether oxygens (including phenoxy) is 1. The Hall–Kier alpha value is -1.92. The molecule has 4 bridgehead atoms. The number of carbonyl (C=O) groups is 1. The minimum atomic E-state index is -2.60. The predicted octanol–water partition coefficient (Wildman–Crippen LogP) is 3.49. The second kappa shape index (κ2) is 6.29. The first-order chi connectivity index (χ1) is 13.3. The van der Waals surface area contributed by atoms with E-state index in [2.05, 4.69) is 22.2 Å². The second-order valence-electron chi connectivity index (χ2n) is 9.62. The first-order valence-corrected chi connectivity index (χ1v) is 10.4. The summed E-state index contributed by atoms with van der Waals surface area (Å²) in [6.07, 6.45) is 8.50. The van der Waals surface area contributed by atoms with Crippen LogP contribution in [0.1, 0.15) is 51.4 Å². The molecule has 5 aliphatic carbocycles. The van der Waals surface area contributed by atoms with E-state index < -0.39 is 5.92 Å². The molecular weight excluding hydrogens is 364 g/mol. The summed E-state index contributed by atoms with van der Waals surface area (Å²) >= 11 is 0. The van der Waals surface area contributed by atoms with Crippen molar-refractivity contribution in [1.82, 2.24) is 10.6 Å². The number of aliphatic imine (C=N–C) groups is 1. The van der Waals surface area contributed by atoms with E-state index in [9.17, 15) is 13.6 Å². The highest BCUT2D eigenvalue weighted by molar-refractivity contribution is 5.92. The van der Waals surface area contributed by atoms with Crippen LogP contribution in [0.2, 0.25) is 0 Å². The Balaban J connectivity index is 1.17. The van der Waals surface area contributed by atoms with Crippen molar-refractivity contribution in [3.63, 3.8) is 0 Å². The van der Waals surface area contributed by atoms with Crippen LogP contribution in [0.5, 0.6) is 0 Å². The summed E-state index contributed by atoms with van der Waals surface area (Å²) < 4.78 is 31.9. The third-order valence-electron chi connectivity index (χ3n) is 7.14. The second-order valence-corrected chi connectivity index (χ2v) is 9.62. The largest absolute Gasteiger partial charge is 0.467 e. The molecule has 0 atom stereocenters. The van der Waals surface area contributed by atoms with E-state index in [1.54, 1.807) is 6.08 Å². The molecule has 6 aliphatic rings. The van der Waals surface area contributed by atoms with Gasteiger partial charge in [-0.2, -0.15) is 4.99 Å². The van der Waals surface area contributed by atoms with Crippen molar-refractivity contribution in [3.8, 4) is 0 Å². The van der Waals surface area contributed by atoms with Crippen molar-refractivity contribution in [1.29, 1.82) is 0 Å². The van der Waals surface area contributed by atoms with Crippen LogP contribution in [0.25, 0.3) is 0 Å². The van der Waals surface area contributed by atoms with Crippen LogP contribution < -0.4 is 10.6 Å². The number of halogens is 2. The maximum absolute atomic E-state index is 13.2.